The predicted octanol–water partition coefficient (Wildman–Crippen LogP) is 4.82. The third-order valence-corrected chi connectivity index (χ3v) is 3.65. The maximum absolute atomic E-state index is 11.4. The molecule has 0 rings (SSSR count). The van der Waals surface area contributed by atoms with E-state index in [0.29, 0.717) is 12.3 Å². The van der Waals surface area contributed by atoms with Crippen molar-refractivity contribution in [2.24, 2.45) is 22.7 Å². The predicted molar refractivity (Wildman–Crippen MR) is 102 cm³/mol. The summed E-state index contributed by atoms with van der Waals surface area (Å²) in [5, 5.41) is 0. The molecule has 0 aromatic rings. The number of carbonyl (C=O) groups is 4. The maximum Gasteiger partial charge on any atom is 0.145 e. The van der Waals surface area contributed by atoms with E-state index >= 15 is 0 Å². The van der Waals surface area contributed by atoms with Gasteiger partial charge in [0.25, 0.3) is 0 Å². The van der Waals surface area contributed by atoms with Crippen LogP contribution in [0.4, 0.5) is 0 Å². The molecule has 0 fully saturated rings. The third kappa shape index (κ3) is 13.6. The minimum Gasteiger partial charge on any atom is -0.299 e. The first-order valence-electron chi connectivity index (χ1n) is 9.09. The van der Waals surface area contributed by atoms with Gasteiger partial charge in [0.05, 0.1) is 12.8 Å². The Morgan fingerprint density at radius 3 is 1.32 bits per heavy atom. The van der Waals surface area contributed by atoms with Gasteiger partial charge in [-0.15, -0.1) is 0 Å². The largest absolute Gasteiger partial charge is 0.299 e. The molecule has 0 atom stereocenters. The van der Waals surface area contributed by atoms with E-state index < -0.39 is 0 Å². The smallest absolute Gasteiger partial charge is 0.145 e. The highest BCUT2D eigenvalue weighted by Gasteiger charge is 2.24. The fourth-order valence-corrected chi connectivity index (χ4v) is 1.60. The highest BCUT2D eigenvalue weighted by Crippen LogP contribution is 2.18. The average Bonchev–Trinajstić information content (AvgIpc) is 2.35. The molecule has 0 aliphatic rings. The lowest BCUT2D eigenvalue weighted by molar-refractivity contribution is -0.134. The molecule has 0 radical (unpaired) electrons. The summed E-state index contributed by atoms with van der Waals surface area (Å²) in [4.78, 5) is 45.3. The molecule has 25 heavy (non-hydrogen) atoms. The SMILES string of the molecule is CC(C)C(=O)CC(=O)C(C)(C)C.CC(C)CC(=O)CC(=O)C(C)(C)C. The Morgan fingerprint density at radius 2 is 1.04 bits per heavy atom. The van der Waals surface area contributed by atoms with Crippen LogP contribution in [0.3, 0.4) is 0 Å². The fraction of sp³-hybridized carbons (Fsp3) is 0.810. The highest BCUT2D eigenvalue weighted by atomic mass is 16.2. The van der Waals surface area contributed by atoms with E-state index in [9.17, 15) is 19.2 Å². The van der Waals surface area contributed by atoms with Gasteiger partial charge in [0.15, 0.2) is 0 Å². The molecule has 146 valence electrons. The number of rotatable bonds is 7. The van der Waals surface area contributed by atoms with Gasteiger partial charge in [0, 0.05) is 23.2 Å². The van der Waals surface area contributed by atoms with E-state index in [-0.39, 0.29) is 52.7 Å². The highest BCUT2D eigenvalue weighted by molar-refractivity contribution is 6.02. The summed E-state index contributed by atoms with van der Waals surface area (Å²) >= 11 is 0. The van der Waals surface area contributed by atoms with Crippen LogP contribution in [0.1, 0.15) is 88.5 Å². The normalized spacial score (nSPS) is 11.8. The quantitative estimate of drug-likeness (QED) is 0.614. The van der Waals surface area contributed by atoms with Crippen molar-refractivity contribution in [3.8, 4) is 0 Å². The molecule has 0 spiro atoms. The summed E-state index contributed by atoms with van der Waals surface area (Å²) < 4.78 is 0. The van der Waals surface area contributed by atoms with Crippen LogP contribution in [-0.2, 0) is 19.2 Å². The van der Waals surface area contributed by atoms with Crippen molar-refractivity contribution in [2.75, 3.05) is 0 Å². The minimum atomic E-state index is -0.384. The second-order valence-electron chi connectivity index (χ2n) is 9.46. The van der Waals surface area contributed by atoms with Gasteiger partial charge in [-0.3, -0.25) is 19.2 Å². The molecule has 0 aromatic heterocycles. The van der Waals surface area contributed by atoms with Crippen LogP contribution in [0.2, 0.25) is 0 Å². The van der Waals surface area contributed by atoms with Crippen molar-refractivity contribution >= 4 is 23.1 Å². The number of hydrogen-bond acceptors (Lipinski definition) is 4. The van der Waals surface area contributed by atoms with Gasteiger partial charge >= 0.3 is 0 Å². The first-order chi connectivity index (χ1) is 11.0. The summed E-state index contributed by atoms with van der Waals surface area (Å²) in [6, 6.07) is 0. The molecule has 4 nitrogen and oxygen atoms in total. The van der Waals surface area contributed by atoms with Gasteiger partial charge < -0.3 is 0 Å². The Hall–Kier alpha value is -1.32. The van der Waals surface area contributed by atoms with Crippen molar-refractivity contribution in [2.45, 2.75) is 88.5 Å². The Labute approximate surface area is 154 Å². The molecule has 0 aliphatic heterocycles. The van der Waals surface area contributed by atoms with Crippen LogP contribution in [0, 0.1) is 22.7 Å². The third-order valence-electron chi connectivity index (χ3n) is 3.65. The van der Waals surface area contributed by atoms with Crippen LogP contribution in [0.15, 0.2) is 0 Å². The van der Waals surface area contributed by atoms with Gasteiger partial charge in [-0.25, -0.2) is 0 Å². The number of Topliss-reactive ketones (excluding diaryl/α,β-unsaturated/α-hetero) is 4. The molecule has 0 saturated heterocycles. The van der Waals surface area contributed by atoms with Crippen LogP contribution < -0.4 is 0 Å². The molecule has 0 N–H and O–H groups in total. The second kappa shape index (κ2) is 10.6. The molecule has 0 bridgehead atoms. The molecular weight excluding hydrogens is 316 g/mol. The van der Waals surface area contributed by atoms with Crippen molar-refractivity contribution in [3.05, 3.63) is 0 Å². The molecule has 0 heterocycles. The van der Waals surface area contributed by atoms with Crippen LogP contribution >= 0.6 is 0 Å². The Morgan fingerprint density at radius 1 is 0.680 bits per heavy atom. The van der Waals surface area contributed by atoms with Gasteiger partial charge in [0.1, 0.15) is 23.1 Å². The number of ketones is 4. The molecule has 0 aromatic carbocycles. The molecule has 0 unspecified atom stereocenters. The van der Waals surface area contributed by atoms with E-state index in [1.165, 1.54) is 0 Å². The topological polar surface area (TPSA) is 68.3 Å². The van der Waals surface area contributed by atoms with E-state index in [4.69, 9.17) is 0 Å². The van der Waals surface area contributed by atoms with Crippen molar-refractivity contribution in [1.82, 2.24) is 0 Å². The number of carbonyl (C=O) groups excluding carboxylic acids is 4. The van der Waals surface area contributed by atoms with Crippen LogP contribution in [0.5, 0.6) is 0 Å². The fourth-order valence-electron chi connectivity index (χ4n) is 1.60. The summed E-state index contributed by atoms with van der Waals surface area (Å²) in [5.74, 6) is 0.487. The zero-order valence-electron chi connectivity index (χ0n) is 17.9. The van der Waals surface area contributed by atoms with Gasteiger partial charge in [-0.05, 0) is 5.92 Å². The van der Waals surface area contributed by atoms with E-state index in [2.05, 4.69) is 0 Å². The Bertz CT molecular complexity index is 471. The first kappa shape index (κ1) is 25.9. The summed E-state index contributed by atoms with van der Waals surface area (Å²) in [6.45, 7) is 18.7. The zero-order chi connectivity index (χ0) is 20.6. The lowest BCUT2D eigenvalue weighted by Crippen LogP contribution is -2.24. The summed E-state index contributed by atoms with van der Waals surface area (Å²) in [7, 11) is 0. The zero-order valence-corrected chi connectivity index (χ0v) is 17.9. The van der Waals surface area contributed by atoms with Gasteiger partial charge in [-0.1, -0.05) is 69.2 Å². The van der Waals surface area contributed by atoms with E-state index in [1.807, 2.05) is 69.2 Å². The average molecular weight is 355 g/mol. The molecule has 0 saturated carbocycles. The number of hydrogen-bond donors (Lipinski definition) is 0. The monoisotopic (exact) mass is 354 g/mol. The van der Waals surface area contributed by atoms with E-state index in [1.54, 1.807) is 0 Å². The van der Waals surface area contributed by atoms with Crippen LogP contribution in [-0.4, -0.2) is 23.1 Å². The lowest BCUT2D eigenvalue weighted by Gasteiger charge is -2.16. The second-order valence-corrected chi connectivity index (χ2v) is 9.46. The van der Waals surface area contributed by atoms with Crippen molar-refractivity contribution in [1.29, 1.82) is 0 Å². The van der Waals surface area contributed by atoms with Gasteiger partial charge in [-0.2, -0.15) is 0 Å². The first-order valence-corrected chi connectivity index (χ1v) is 9.09. The van der Waals surface area contributed by atoms with Gasteiger partial charge in [0.2, 0.25) is 0 Å². The minimum absolute atomic E-state index is 0.0289. The summed E-state index contributed by atoms with van der Waals surface area (Å²) in [5.41, 5.74) is -0.767. The standard InChI is InChI=1S/C11H20O2.C10H18O2/c1-8(2)6-9(12)7-10(13)11(3,4)5;1-7(2)8(11)6-9(12)10(3,4)5/h8H,6-7H2,1-5H3;7H,6H2,1-5H3. The lowest BCUT2D eigenvalue weighted by atomic mass is 9.86. The Kier molecular flexibility index (Phi) is 11.0. The van der Waals surface area contributed by atoms with Crippen LogP contribution in [0.25, 0.3) is 0 Å². The molecule has 0 aliphatic carbocycles. The molecule has 4 heteroatoms. The molecular formula is C21H38O4. The van der Waals surface area contributed by atoms with Crippen molar-refractivity contribution < 1.29 is 19.2 Å². The van der Waals surface area contributed by atoms with Crippen molar-refractivity contribution in [3.63, 3.8) is 0 Å². The Balaban J connectivity index is 0. The summed E-state index contributed by atoms with van der Waals surface area (Å²) in [6.07, 6.45) is 0.699. The maximum atomic E-state index is 11.4. The molecule has 0 amide bonds. The van der Waals surface area contributed by atoms with E-state index in [0.717, 1.165) is 0 Å².